The first-order valence-corrected chi connectivity index (χ1v) is 0. The van der Waals surface area contributed by atoms with Crippen molar-refractivity contribution < 1.29 is 82.3 Å². The van der Waals surface area contributed by atoms with Crippen LogP contribution < -0.4 is 0 Å². The molecular weight excluding hydrogens is 475 g/mol. The summed E-state index contributed by atoms with van der Waals surface area (Å²) in [4.78, 5) is 0. The average molecular weight is 475 g/mol. The Labute approximate surface area is 81.0 Å². The van der Waals surface area contributed by atoms with E-state index < -0.39 is 0 Å². The molecule has 0 aromatic heterocycles. The summed E-state index contributed by atoms with van der Waals surface area (Å²) in [6.45, 7) is 0. The van der Waals surface area contributed by atoms with Gasteiger partial charge in [-0.05, 0) is 0 Å². The first-order valence-electron chi connectivity index (χ1n) is 0. The molecule has 0 fully saturated rings. The molecule has 0 aromatic carbocycles. The molecule has 0 saturated heterocycles. The molecule has 0 aliphatic heterocycles. The van der Waals surface area contributed by atoms with E-state index in [9.17, 15) is 0 Å². The van der Waals surface area contributed by atoms with E-state index in [4.69, 9.17) is 0 Å². The van der Waals surface area contributed by atoms with Crippen LogP contribution in [0.25, 0.3) is 0 Å². The monoisotopic (exact) mass is 473 g/mol. The second kappa shape index (κ2) is 17.4. The number of hydrogen-bond donors (Lipinski definition) is 0. The molecule has 0 N–H and O–H groups in total. The van der Waals surface area contributed by atoms with Crippen LogP contribution in [-0.2, 0) is 82.3 Å². The van der Waals surface area contributed by atoms with Crippen LogP contribution in [0.4, 0.5) is 0 Å². The molecule has 0 nitrogen and oxygen atoms in total. The van der Waals surface area contributed by atoms with E-state index in [1.54, 1.807) is 0 Å². The third kappa shape index (κ3) is 8.82. The summed E-state index contributed by atoms with van der Waals surface area (Å²) in [7, 11) is 0. The van der Waals surface area contributed by atoms with Crippen molar-refractivity contribution in [1.29, 1.82) is 0 Å². The molecule has 0 saturated carbocycles. The van der Waals surface area contributed by atoms with Gasteiger partial charge in [-0.15, -0.1) is 0 Å². The summed E-state index contributed by atoms with van der Waals surface area (Å²) in [5.41, 5.74) is 0. The Morgan fingerprint density at radius 1 is 1.00 bits per heavy atom. The van der Waals surface area contributed by atoms with Crippen LogP contribution in [0.5, 0.6) is 0 Å². The Morgan fingerprint density at radius 3 is 1.00 bits per heavy atom. The fraction of sp³-hybridized carbons (Fsp3) is 0. The Morgan fingerprint density at radius 2 is 1.00 bits per heavy atom. The molecule has 0 aromatic rings. The zero-order valence-corrected chi connectivity index (χ0v) is 7.37. The van der Waals surface area contributed by atoms with Crippen molar-refractivity contribution >= 4 is 0 Å². The van der Waals surface area contributed by atoms with Gasteiger partial charge in [-0.2, -0.15) is 0 Å². The summed E-state index contributed by atoms with van der Waals surface area (Å²) in [5.74, 6) is 0. The van der Waals surface area contributed by atoms with Crippen molar-refractivity contribution in [2.24, 2.45) is 0 Å². The van der Waals surface area contributed by atoms with Crippen LogP contribution in [0.3, 0.4) is 0 Å². The molecule has 0 rings (SSSR count). The van der Waals surface area contributed by atoms with Crippen LogP contribution in [0.1, 0.15) is 0 Å². The molecule has 4 heteroatoms. The second-order valence-electron chi connectivity index (χ2n) is 0. The van der Waals surface area contributed by atoms with Crippen molar-refractivity contribution in [2.45, 2.75) is 0 Å². The van der Waals surface area contributed by atoms with E-state index in [0.717, 1.165) is 0 Å². The fourth-order valence-corrected chi connectivity index (χ4v) is 0. The van der Waals surface area contributed by atoms with Gasteiger partial charge in [-0.3, -0.25) is 0 Å². The van der Waals surface area contributed by atoms with E-state index >= 15 is 0 Å². The first kappa shape index (κ1) is 30.1. The van der Waals surface area contributed by atoms with Gasteiger partial charge in [0.15, 0.2) is 0 Å². The minimum absolute atomic E-state index is 0. The van der Waals surface area contributed by atoms with Gasteiger partial charge in [0, 0.05) is 82.3 Å². The molecule has 0 aliphatic carbocycles. The van der Waals surface area contributed by atoms with E-state index in [1.165, 1.54) is 0 Å². The SMILES string of the molecule is [Ag].[Au].[Cu].[Pd]. The van der Waals surface area contributed by atoms with Crippen molar-refractivity contribution in [2.75, 3.05) is 0 Å². The molecular formula is AgAuCuPd. The summed E-state index contributed by atoms with van der Waals surface area (Å²) in [5, 5.41) is 0. The largest absolute Gasteiger partial charge is 0 e. The van der Waals surface area contributed by atoms with Crippen LogP contribution in [0.15, 0.2) is 0 Å². The van der Waals surface area contributed by atoms with E-state index in [-0.39, 0.29) is 82.3 Å². The summed E-state index contributed by atoms with van der Waals surface area (Å²) in [6, 6.07) is 0. The molecule has 0 atom stereocenters. The standard InChI is InChI=1S/Ag.Au.Cu.Pd. The predicted molar refractivity (Wildman–Crippen MR) is 0 cm³/mol. The zero-order chi connectivity index (χ0) is 0. The summed E-state index contributed by atoms with van der Waals surface area (Å²) >= 11 is 0. The molecule has 0 amide bonds. The van der Waals surface area contributed by atoms with Crippen molar-refractivity contribution in [1.82, 2.24) is 0 Å². The van der Waals surface area contributed by atoms with Gasteiger partial charge in [0.2, 0.25) is 0 Å². The van der Waals surface area contributed by atoms with Crippen LogP contribution in [0.2, 0.25) is 0 Å². The predicted octanol–water partition coefficient (Wildman–Crippen LogP) is -0.0100. The van der Waals surface area contributed by atoms with Gasteiger partial charge >= 0.3 is 0 Å². The van der Waals surface area contributed by atoms with Gasteiger partial charge in [-0.1, -0.05) is 0 Å². The first-order chi connectivity index (χ1) is 0. The van der Waals surface area contributed by atoms with Crippen molar-refractivity contribution in [3.8, 4) is 0 Å². The molecule has 3 radical (unpaired) electrons. The van der Waals surface area contributed by atoms with E-state index in [2.05, 4.69) is 0 Å². The van der Waals surface area contributed by atoms with Gasteiger partial charge in [0.05, 0.1) is 0 Å². The minimum atomic E-state index is 0. The van der Waals surface area contributed by atoms with E-state index in [0.29, 0.717) is 0 Å². The van der Waals surface area contributed by atoms with Crippen molar-refractivity contribution in [3.63, 3.8) is 0 Å². The van der Waals surface area contributed by atoms with Gasteiger partial charge in [0.25, 0.3) is 0 Å². The third-order valence-electron chi connectivity index (χ3n) is 0. The van der Waals surface area contributed by atoms with Crippen molar-refractivity contribution in [3.05, 3.63) is 0 Å². The third-order valence-corrected chi connectivity index (χ3v) is 0. The molecule has 0 unspecified atom stereocenters. The molecule has 0 spiro atoms. The average Bonchev–Trinajstić information content (AvgIpc) is 0. The fourth-order valence-electron chi connectivity index (χ4n) is 0. The Bertz CT molecular complexity index is 8.00. The number of hydrogen-bond acceptors (Lipinski definition) is 0. The van der Waals surface area contributed by atoms with Crippen LogP contribution >= 0.6 is 0 Å². The van der Waals surface area contributed by atoms with E-state index in [1.807, 2.05) is 0 Å². The quantitative estimate of drug-likeness (QED) is 0.433. The maximum absolute atomic E-state index is 0. The molecule has 4 heavy (non-hydrogen) atoms. The maximum atomic E-state index is 0. The molecule has 43 valence electrons. The molecule has 0 aliphatic rings. The summed E-state index contributed by atoms with van der Waals surface area (Å²) in [6.07, 6.45) is 0. The van der Waals surface area contributed by atoms with Crippen LogP contribution in [-0.4, -0.2) is 0 Å². The topological polar surface area (TPSA) is 0 Å². The zero-order valence-electron chi connectivity index (χ0n) is 1.22. The van der Waals surface area contributed by atoms with Gasteiger partial charge in [-0.25, -0.2) is 0 Å². The van der Waals surface area contributed by atoms with Gasteiger partial charge < -0.3 is 0 Å². The Hall–Kier alpha value is 2.66. The second-order valence-corrected chi connectivity index (χ2v) is 0. The minimum Gasteiger partial charge on any atom is 0 e. The smallest absolute Gasteiger partial charge is 0 e. The summed E-state index contributed by atoms with van der Waals surface area (Å²) < 4.78 is 0. The normalized spacial score (nSPS) is 0. The molecule has 0 heterocycles. The van der Waals surface area contributed by atoms with Gasteiger partial charge in [0.1, 0.15) is 0 Å². The van der Waals surface area contributed by atoms with Crippen LogP contribution in [0, 0.1) is 0 Å². The Balaban J connectivity index is 0. The molecule has 0 bridgehead atoms. The maximum Gasteiger partial charge on any atom is 0 e. The Kier molecular flexibility index (Phi) is 131. The number of rotatable bonds is 0.